The Labute approximate surface area is 161 Å². The van der Waals surface area contributed by atoms with Crippen LogP contribution < -0.4 is 14.8 Å². The van der Waals surface area contributed by atoms with Crippen molar-refractivity contribution in [1.29, 1.82) is 5.26 Å². The van der Waals surface area contributed by atoms with Crippen molar-refractivity contribution in [1.82, 2.24) is 0 Å². The molecule has 7 nitrogen and oxygen atoms in total. The van der Waals surface area contributed by atoms with E-state index >= 15 is 0 Å². The van der Waals surface area contributed by atoms with Crippen LogP contribution in [0.25, 0.3) is 0 Å². The second-order valence-corrected chi connectivity index (χ2v) is 6.25. The lowest BCUT2D eigenvalue weighted by Crippen LogP contribution is -2.21. The van der Waals surface area contributed by atoms with Crippen molar-refractivity contribution < 1.29 is 23.8 Å². The Morgan fingerprint density at radius 2 is 1.78 bits per heavy atom. The van der Waals surface area contributed by atoms with Crippen LogP contribution in [0.1, 0.15) is 15.9 Å². The number of hydrogen-bond acceptors (Lipinski definition) is 7. The zero-order valence-electron chi connectivity index (χ0n) is 15.1. The number of amides is 1. The maximum Gasteiger partial charge on any atom is 0.338 e. The van der Waals surface area contributed by atoms with Crippen LogP contribution in [0.3, 0.4) is 0 Å². The normalized spacial score (nSPS) is 9.85. The predicted molar refractivity (Wildman–Crippen MR) is 101 cm³/mol. The highest BCUT2D eigenvalue weighted by atomic mass is 32.2. The average molecular weight is 386 g/mol. The number of thioether (sulfide) groups is 1. The Bertz CT molecular complexity index is 870. The van der Waals surface area contributed by atoms with Crippen LogP contribution in [0.15, 0.2) is 41.3 Å². The molecule has 8 heteroatoms. The number of carbonyl (C=O) groups excluding carboxylic acids is 2. The van der Waals surface area contributed by atoms with Crippen LogP contribution >= 0.6 is 11.8 Å². The van der Waals surface area contributed by atoms with Gasteiger partial charge in [0.1, 0.15) is 16.9 Å². The molecule has 0 aliphatic carbocycles. The van der Waals surface area contributed by atoms with E-state index in [1.807, 2.05) is 12.3 Å². The fourth-order valence-corrected chi connectivity index (χ4v) is 2.70. The van der Waals surface area contributed by atoms with Crippen molar-refractivity contribution in [3.8, 4) is 16.9 Å². The highest BCUT2D eigenvalue weighted by Gasteiger charge is 2.14. The summed E-state index contributed by atoms with van der Waals surface area (Å²) < 4.78 is 15.3. The topological polar surface area (TPSA) is 97.7 Å². The molecule has 140 valence electrons. The molecule has 0 atom stereocenters. The van der Waals surface area contributed by atoms with Crippen LogP contribution in [0.5, 0.6) is 11.5 Å². The van der Waals surface area contributed by atoms with E-state index < -0.39 is 18.5 Å². The highest BCUT2D eigenvalue weighted by Crippen LogP contribution is 2.24. The summed E-state index contributed by atoms with van der Waals surface area (Å²) in [6.45, 7) is 1.37. The molecular formula is C19H18N2O5S. The summed E-state index contributed by atoms with van der Waals surface area (Å²) in [5, 5.41) is 13.3. The zero-order chi connectivity index (χ0) is 19.8. The number of ether oxygens (including phenoxy) is 3. The van der Waals surface area contributed by atoms with Crippen LogP contribution in [0.2, 0.25) is 0 Å². The summed E-state index contributed by atoms with van der Waals surface area (Å²) in [5.41, 5.74) is 1.60. The summed E-state index contributed by atoms with van der Waals surface area (Å²) in [4.78, 5) is 25.0. The molecule has 0 aliphatic heterocycles. The second kappa shape index (κ2) is 9.50. The smallest absolute Gasteiger partial charge is 0.338 e. The Morgan fingerprint density at radius 3 is 2.33 bits per heavy atom. The van der Waals surface area contributed by atoms with Crippen molar-refractivity contribution in [2.45, 2.75) is 11.8 Å². The first kappa shape index (κ1) is 20.1. The number of carbonyl (C=O) groups is 2. The van der Waals surface area contributed by atoms with Gasteiger partial charge in [-0.1, -0.05) is 0 Å². The molecule has 0 fully saturated rings. The fourth-order valence-electron chi connectivity index (χ4n) is 2.22. The van der Waals surface area contributed by atoms with Crippen LogP contribution in [0, 0.1) is 17.6 Å². The van der Waals surface area contributed by atoms with Crippen molar-refractivity contribution >= 4 is 29.3 Å². The van der Waals surface area contributed by atoms with Gasteiger partial charge in [0.05, 0.1) is 19.8 Å². The van der Waals surface area contributed by atoms with Gasteiger partial charge in [0, 0.05) is 16.6 Å². The van der Waals surface area contributed by atoms with E-state index in [1.165, 1.54) is 26.4 Å². The molecule has 0 saturated carbocycles. The van der Waals surface area contributed by atoms with Crippen LogP contribution in [-0.2, 0) is 9.53 Å². The zero-order valence-corrected chi connectivity index (χ0v) is 15.9. The molecule has 0 radical (unpaired) electrons. The molecule has 27 heavy (non-hydrogen) atoms. The molecule has 2 aromatic rings. The number of methoxy groups -OCH3 is 2. The number of esters is 1. The summed E-state index contributed by atoms with van der Waals surface area (Å²) >= 11 is 1.04. The highest BCUT2D eigenvalue weighted by molar-refractivity contribution is 8.03. The molecule has 1 N–H and O–H groups in total. The van der Waals surface area contributed by atoms with Gasteiger partial charge in [-0.05, 0) is 54.6 Å². The molecule has 0 spiro atoms. The van der Waals surface area contributed by atoms with E-state index in [1.54, 1.807) is 24.3 Å². The third-order valence-corrected chi connectivity index (χ3v) is 4.14. The Balaban J connectivity index is 1.97. The standard InChI is InChI=1S/C19H18N2O5S/c1-12-6-16(27-11-20)4-5-17(12)21-18(22)10-26-19(23)13-7-14(24-2)9-15(8-13)25-3/h4-9H,10H2,1-3H3,(H,21,22). The maximum absolute atomic E-state index is 12.2. The number of nitrogens with zero attached hydrogens (tertiary/aromatic N) is 1. The van der Waals surface area contributed by atoms with Crippen LogP contribution in [0.4, 0.5) is 5.69 Å². The summed E-state index contributed by atoms with van der Waals surface area (Å²) in [6, 6.07) is 9.84. The quantitative estimate of drug-likeness (QED) is 0.442. The summed E-state index contributed by atoms with van der Waals surface area (Å²) in [5.74, 6) is -0.254. The summed E-state index contributed by atoms with van der Waals surface area (Å²) in [6.07, 6.45) is 0. The van der Waals surface area contributed by atoms with Gasteiger partial charge >= 0.3 is 5.97 Å². The lowest BCUT2D eigenvalue weighted by Gasteiger charge is -2.11. The van der Waals surface area contributed by atoms with Crippen LogP contribution in [-0.4, -0.2) is 32.7 Å². The maximum atomic E-state index is 12.2. The molecule has 2 rings (SSSR count). The van der Waals surface area contributed by atoms with E-state index in [2.05, 4.69) is 5.32 Å². The van der Waals surface area contributed by atoms with E-state index in [-0.39, 0.29) is 5.56 Å². The first-order valence-electron chi connectivity index (χ1n) is 7.83. The third-order valence-electron chi connectivity index (χ3n) is 3.56. The molecule has 0 heterocycles. The fraction of sp³-hybridized carbons (Fsp3) is 0.211. The number of nitriles is 1. The molecule has 1 amide bonds. The van der Waals surface area contributed by atoms with Gasteiger partial charge < -0.3 is 19.5 Å². The number of nitrogens with one attached hydrogen (secondary N) is 1. The van der Waals surface area contributed by atoms with Gasteiger partial charge in [-0.3, -0.25) is 4.79 Å². The van der Waals surface area contributed by atoms with Gasteiger partial charge in [0.15, 0.2) is 6.61 Å². The number of rotatable bonds is 7. The lowest BCUT2D eigenvalue weighted by molar-refractivity contribution is -0.119. The van der Waals surface area contributed by atoms with Gasteiger partial charge in [-0.2, -0.15) is 5.26 Å². The molecular weight excluding hydrogens is 368 g/mol. The number of aryl methyl sites for hydroxylation is 1. The molecule has 0 aliphatic rings. The largest absolute Gasteiger partial charge is 0.497 e. The molecule has 0 aromatic heterocycles. The van der Waals surface area contributed by atoms with Gasteiger partial charge in [0.2, 0.25) is 0 Å². The monoisotopic (exact) mass is 386 g/mol. The summed E-state index contributed by atoms with van der Waals surface area (Å²) in [7, 11) is 2.94. The average Bonchev–Trinajstić information content (AvgIpc) is 2.68. The van der Waals surface area contributed by atoms with E-state index in [9.17, 15) is 9.59 Å². The molecule has 0 unspecified atom stereocenters. The lowest BCUT2D eigenvalue weighted by atomic mass is 10.2. The van der Waals surface area contributed by atoms with Gasteiger partial charge in [-0.25, -0.2) is 4.79 Å². The van der Waals surface area contributed by atoms with Gasteiger partial charge in [-0.15, -0.1) is 0 Å². The Morgan fingerprint density at radius 1 is 1.11 bits per heavy atom. The number of thiocyanates is 1. The van der Waals surface area contributed by atoms with E-state index in [0.717, 1.165) is 22.2 Å². The van der Waals surface area contributed by atoms with Crippen molar-refractivity contribution in [2.75, 3.05) is 26.1 Å². The number of anilines is 1. The minimum atomic E-state index is -0.667. The molecule has 0 bridgehead atoms. The Kier molecular flexibility index (Phi) is 7.08. The van der Waals surface area contributed by atoms with E-state index in [4.69, 9.17) is 19.5 Å². The number of benzene rings is 2. The van der Waals surface area contributed by atoms with Crippen molar-refractivity contribution in [3.05, 3.63) is 47.5 Å². The minimum Gasteiger partial charge on any atom is -0.497 e. The SMILES string of the molecule is COc1cc(OC)cc(C(=O)OCC(=O)Nc2ccc(SC#N)cc2C)c1. The second-order valence-electron chi connectivity index (χ2n) is 5.40. The van der Waals surface area contributed by atoms with Gasteiger partial charge in [0.25, 0.3) is 5.91 Å². The predicted octanol–water partition coefficient (Wildman–Crippen LogP) is 3.38. The minimum absolute atomic E-state index is 0.216. The first-order valence-corrected chi connectivity index (χ1v) is 8.65. The number of hydrogen-bond donors (Lipinski definition) is 1. The van der Waals surface area contributed by atoms with Crippen molar-refractivity contribution in [3.63, 3.8) is 0 Å². The molecule has 2 aromatic carbocycles. The third kappa shape index (κ3) is 5.66. The Hall–Kier alpha value is -3.18. The van der Waals surface area contributed by atoms with Crippen molar-refractivity contribution in [2.24, 2.45) is 0 Å². The van der Waals surface area contributed by atoms with E-state index in [0.29, 0.717) is 17.2 Å². The first-order chi connectivity index (χ1) is 13.0. The molecule has 0 saturated heterocycles.